The molecule has 0 spiro atoms. The van der Waals surface area contributed by atoms with Gasteiger partial charge in [0.15, 0.2) is 0 Å². The van der Waals surface area contributed by atoms with Gasteiger partial charge in [-0.3, -0.25) is 10.1 Å². The summed E-state index contributed by atoms with van der Waals surface area (Å²) >= 11 is 0. The Bertz CT molecular complexity index is 387. The van der Waals surface area contributed by atoms with Crippen molar-refractivity contribution < 1.29 is 9.66 Å². The Morgan fingerprint density at radius 2 is 2.21 bits per heavy atom. The van der Waals surface area contributed by atoms with Gasteiger partial charge in [0.05, 0.1) is 17.1 Å². The van der Waals surface area contributed by atoms with E-state index < -0.39 is 0 Å². The highest BCUT2D eigenvalue weighted by atomic mass is 16.6. The van der Waals surface area contributed by atoms with Crippen LogP contribution in [0.15, 0.2) is 36.4 Å². The van der Waals surface area contributed by atoms with Crippen molar-refractivity contribution >= 4 is 5.69 Å². The van der Waals surface area contributed by atoms with Gasteiger partial charge in [0.2, 0.25) is 0 Å². The third kappa shape index (κ3) is 1.52. The second kappa shape index (κ2) is 3.59. The maximum Gasteiger partial charge on any atom is 0.275 e. The Kier molecular flexibility index (Phi) is 2.28. The topological polar surface area (TPSA) is 52.4 Å². The van der Waals surface area contributed by atoms with Crippen LogP contribution >= 0.6 is 0 Å². The summed E-state index contributed by atoms with van der Waals surface area (Å²) in [4.78, 5) is 10.3. The molecule has 1 aliphatic rings. The van der Waals surface area contributed by atoms with Gasteiger partial charge in [0.1, 0.15) is 6.10 Å². The second-order valence-corrected chi connectivity index (χ2v) is 3.00. The van der Waals surface area contributed by atoms with Gasteiger partial charge < -0.3 is 4.74 Å². The molecule has 0 aromatic heterocycles. The van der Waals surface area contributed by atoms with E-state index in [9.17, 15) is 10.1 Å². The highest BCUT2D eigenvalue weighted by Gasteiger charge is 2.21. The highest BCUT2D eigenvalue weighted by molar-refractivity contribution is 5.43. The Balaban J connectivity index is 2.40. The second-order valence-electron chi connectivity index (χ2n) is 3.00. The first-order valence-electron chi connectivity index (χ1n) is 4.30. The first-order chi connectivity index (χ1) is 6.79. The third-order valence-corrected chi connectivity index (χ3v) is 2.12. The fraction of sp³-hybridized carbons (Fsp3) is 0.200. The molecule has 72 valence electrons. The molecule has 0 bridgehead atoms. The number of hydrogen-bond donors (Lipinski definition) is 0. The quantitative estimate of drug-likeness (QED) is 0.409. The van der Waals surface area contributed by atoms with Gasteiger partial charge in [0.25, 0.3) is 5.69 Å². The lowest BCUT2D eigenvalue weighted by Crippen LogP contribution is -2.00. The Labute approximate surface area is 81.0 Å². The monoisotopic (exact) mass is 191 g/mol. The van der Waals surface area contributed by atoms with Crippen LogP contribution < -0.4 is 0 Å². The van der Waals surface area contributed by atoms with Crippen LogP contribution in [-0.4, -0.2) is 11.5 Å². The lowest BCUT2D eigenvalue weighted by Gasteiger charge is -2.08. The lowest BCUT2D eigenvalue weighted by atomic mass is 10.1. The molecule has 1 unspecified atom stereocenters. The van der Waals surface area contributed by atoms with E-state index in [1.165, 1.54) is 6.07 Å². The number of hydrogen-bond acceptors (Lipinski definition) is 3. The molecular formula is C10H9NO3. The lowest BCUT2D eigenvalue weighted by molar-refractivity contribution is -0.386. The van der Waals surface area contributed by atoms with E-state index >= 15 is 0 Å². The minimum Gasteiger partial charge on any atom is -0.365 e. The van der Waals surface area contributed by atoms with Crippen molar-refractivity contribution in [3.8, 4) is 0 Å². The Morgan fingerprint density at radius 1 is 1.43 bits per heavy atom. The van der Waals surface area contributed by atoms with Crippen LogP contribution in [0.2, 0.25) is 0 Å². The van der Waals surface area contributed by atoms with Crippen molar-refractivity contribution in [2.75, 3.05) is 6.61 Å². The van der Waals surface area contributed by atoms with Crippen LogP contribution in [0.4, 0.5) is 5.69 Å². The standard InChI is InChI=1S/C10H9NO3/c12-11(13)9-5-2-1-4-8(9)10-6-3-7-14-10/h1-6,10H,7H2. The zero-order valence-corrected chi connectivity index (χ0v) is 7.42. The summed E-state index contributed by atoms with van der Waals surface area (Å²) in [6.07, 6.45) is 3.43. The molecule has 1 aromatic rings. The number of nitro benzene ring substituents is 1. The number of ether oxygens (including phenoxy) is 1. The van der Waals surface area contributed by atoms with Gasteiger partial charge in [-0.1, -0.05) is 24.3 Å². The minimum absolute atomic E-state index is 0.115. The fourth-order valence-corrected chi connectivity index (χ4v) is 1.48. The summed E-state index contributed by atoms with van der Waals surface area (Å²) in [7, 11) is 0. The summed E-state index contributed by atoms with van der Waals surface area (Å²) in [5, 5.41) is 10.7. The maximum absolute atomic E-state index is 10.7. The predicted octanol–water partition coefficient (Wildman–Crippen LogP) is 2.22. The molecule has 0 amide bonds. The largest absolute Gasteiger partial charge is 0.365 e. The molecule has 0 N–H and O–H groups in total. The average molecular weight is 191 g/mol. The van der Waals surface area contributed by atoms with Crippen molar-refractivity contribution in [1.82, 2.24) is 0 Å². The van der Waals surface area contributed by atoms with E-state index in [1.807, 2.05) is 12.2 Å². The maximum atomic E-state index is 10.7. The molecular weight excluding hydrogens is 182 g/mol. The molecule has 1 atom stereocenters. The van der Waals surface area contributed by atoms with E-state index in [2.05, 4.69) is 0 Å². The molecule has 0 saturated carbocycles. The zero-order chi connectivity index (χ0) is 9.97. The molecule has 0 saturated heterocycles. The Morgan fingerprint density at radius 3 is 2.86 bits per heavy atom. The molecule has 1 heterocycles. The first-order valence-corrected chi connectivity index (χ1v) is 4.30. The number of para-hydroxylation sites is 1. The molecule has 2 rings (SSSR count). The van der Waals surface area contributed by atoms with Gasteiger partial charge in [-0.25, -0.2) is 0 Å². The van der Waals surface area contributed by atoms with Crippen LogP contribution in [0.3, 0.4) is 0 Å². The molecule has 1 aromatic carbocycles. The summed E-state index contributed by atoms with van der Waals surface area (Å²) in [5.74, 6) is 0. The first kappa shape index (κ1) is 8.90. The number of nitro groups is 1. The average Bonchev–Trinajstić information content (AvgIpc) is 2.70. The normalized spacial score (nSPS) is 19.9. The summed E-state index contributed by atoms with van der Waals surface area (Å²) < 4.78 is 5.31. The van der Waals surface area contributed by atoms with Crippen LogP contribution in [0.1, 0.15) is 11.7 Å². The molecule has 14 heavy (non-hydrogen) atoms. The van der Waals surface area contributed by atoms with Crippen molar-refractivity contribution in [1.29, 1.82) is 0 Å². The fourth-order valence-electron chi connectivity index (χ4n) is 1.48. The van der Waals surface area contributed by atoms with E-state index in [-0.39, 0.29) is 16.7 Å². The van der Waals surface area contributed by atoms with Crippen molar-refractivity contribution in [2.24, 2.45) is 0 Å². The van der Waals surface area contributed by atoms with Crippen LogP contribution in [0.5, 0.6) is 0 Å². The molecule has 0 radical (unpaired) electrons. The van der Waals surface area contributed by atoms with Gasteiger partial charge in [-0.05, 0) is 6.07 Å². The predicted molar refractivity (Wildman–Crippen MR) is 50.9 cm³/mol. The van der Waals surface area contributed by atoms with Crippen molar-refractivity contribution in [3.63, 3.8) is 0 Å². The zero-order valence-electron chi connectivity index (χ0n) is 7.42. The van der Waals surface area contributed by atoms with Crippen molar-refractivity contribution in [3.05, 3.63) is 52.1 Å². The molecule has 4 nitrogen and oxygen atoms in total. The highest BCUT2D eigenvalue weighted by Crippen LogP contribution is 2.30. The summed E-state index contributed by atoms with van der Waals surface area (Å²) in [6.45, 7) is 0.525. The van der Waals surface area contributed by atoms with E-state index in [1.54, 1.807) is 18.2 Å². The summed E-state index contributed by atoms with van der Waals surface area (Å²) in [5.41, 5.74) is 0.732. The van der Waals surface area contributed by atoms with Gasteiger partial charge in [-0.2, -0.15) is 0 Å². The summed E-state index contributed by atoms with van der Waals surface area (Å²) in [6, 6.07) is 6.64. The number of rotatable bonds is 2. The molecule has 4 heteroatoms. The van der Waals surface area contributed by atoms with Gasteiger partial charge in [0, 0.05) is 6.07 Å². The smallest absolute Gasteiger partial charge is 0.275 e. The molecule has 0 aliphatic carbocycles. The van der Waals surface area contributed by atoms with E-state index in [4.69, 9.17) is 4.74 Å². The van der Waals surface area contributed by atoms with Crippen LogP contribution in [-0.2, 0) is 4.74 Å². The van der Waals surface area contributed by atoms with E-state index in [0.29, 0.717) is 12.2 Å². The van der Waals surface area contributed by atoms with E-state index in [0.717, 1.165) is 0 Å². The molecule has 1 aliphatic heterocycles. The number of nitrogens with zero attached hydrogens (tertiary/aromatic N) is 1. The minimum atomic E-state index is -0.384. The van der Waals surface area contributed by atoms with Gasteiger partial charge >= 0.3 is 0 Å². The van der Waals surface area contributed by atoms with Gasteiger partial charge in [-0.15, -0.1) is 0 Å². The third-order valence-electron chi connectivity index (χ3n) is 2.12. The number of benzene rings is 1. The van der Waals surface area contributed by atoms with Crippen LogP contribution in [0, 0.1) is 10.1 Å². The molecule has 0 fully saturated rings. The SMILES string of the molecule is O=[N+]([O-])c1ccccc1C1C=CCO1. The Hall–Kier alpha value is -1.68. The van der Waals surface area contributed by atoms with Crippen LogP contribution in [0.25, 0.3) is 0 Å². The van der Waals surface area contributed by atoms with Crippen molar-refractivity contribution in [2.45, 2.75) is 6.10 Å².